The van der Waals surface area contributed by atoms with E-state index in [9.17, 15) is 0 Å². The van der Waals surface area contributed by atoms with Gasteiger partial charge in [0, 0.05) is 6.54 Å². The molecule has 0 aliphatic heterocycles. The monoisotopic (exact) mass is 245 g/mol. The number of imidazole rings is 1. The summed E-state index contributed by atoms with van der Waals surface area (Å²) in [6.07, 6.45) is 0.917. The largest absolute Gasteiger partial charge is 0.326 e. The van der Waals surface area contributed by atoms with E-state index in [1.54, 1.807) is 0 Å². The Balaban J connectivity index is 2.60. The summed E-state index contributed by atoms with van der Waals surface area (Å²) in [5, 5.41) is 0. The van der Waals surface area contributed by atoms with Crippen molar-refractivity contribution in [2.24, 2.45) is 11.7 Å². The molecule has 0 spiro atoms. The van der Waals surface area contributed by atoms with Crippen LogP contribution in [-0.4, -0.2) is 9.55 Å². The molecule has 0 aliphatic rings. The van der Waals surface area contributed by atoms with Crippen molar-refractivity contribution in [2.45, 2.75) is 46.7 Å². The van der Waals surface area contributed by atoms with Gasteiger partial charge in [-0.05, 0) is 37.0 Å². The standard InChI is InChI=1S/C15H23N3/c1-5-12(16)15-17-13-8-11(4)6-7-14(13)18(15)9-10(2)3/h6-8,10,12H,5,9,16H2,1-4H3. The van der Waals surface area contributed by atoms with E-state index in [4.69, 9.17) is 10.7 Å². The molecule has 2 aromatic rings. The van der Waals surface area contributed by atoms with E-state index < -0.39 is 0 Å². The van der Waals surface area contributed by atoms with Gasteiger partial charge >= 0.3 is 0 Å². The minimum Gasteiger partial charge on any atom is -0.326 e. The Labute approximate surface area is 109 Å². The zero-order valence-electron chi connectivity index (χ0n) is 11.8. The molecule has 1 aromatic heterocycles. The summed E-state index contributed by atoms with van der Waals surface area (Å²) < 4.78 is 2.29. The SMILES string of the molecule is CCC(N)c1nc2cc(C)ccc2n1CC(C)C. The third-order valence-corrected chi connectivity index (χ3v) is 3.25. The number of nitrogens with zero attached hydrogens (tertiary/aromatic N) is 2. The van der Waals surface area contributed by atoms with Crippen LogP contribution >= 0.6 is 0 Å². The highest BCUT2D eigenvalue weighted by atomic mass is 15.1. The Morgan fingerprint density at radius 1 is 1.33 bits per heavy atom. The first kappa shape index (κ1) is 13.1. The number of benzene rings is 1. The summed E-state index contributed by atoms with van der Waals surface area (Å²) in [5.74, 6) is 1.61. The molecule has 98 valence electrons. The number of aryl methyl sites for hydroxylation is 1. The molecule has 0 aliphatic carbocycles. The number of hydrogen-bond acceptors (Lipinski definition) is 2. The fourth-order valence-electron chi connectivity index (χ4n) is 2.28. The van der Waals surface area contributed by atoms with Crippen LogP contribution in [0, 0.1) is 12.8 Å². The maximum absolute atomic E-state index is 6.19. The van der Waals surface area contributed by atoms with Gasteiger partial charge in [-0.3, -0.25) is 0 Å². The lowest BCUT2D eigenvalue weighted by molar-refractivity contribution is 0.494. The second kappa shape index (κ2) is 5.11. The third-order valence-electron chi connectivity index (χ3n) is 3.25. The molecule has 1 heterocycles. The van der Waals surface area contributed by atoms with Gasteiger partial charge in [-0.1, -0.05) is 26.8 Å². The van der Waals surface area contributed by atoms with Crippen molar-refractivity contribution < 1.29 is 0 Å². The molecular weight excluding hydrogens is 222 g/mol. The number of fused-ring (bicyclic) bond motifs is 1. The second-order valence-electron chi connectivity index (χ2n) is 5.48. The normalized spacial score (nSPS) is 13.4. The molecule has 0 radical (unpaired) electrons. The van der Waals surface area contributed by atoms with Gasteiger partial charge in [0.1, 0.15) is 5.82 Å². The van der Waals surface area contributed by atoms with Gasteiger partial charge < -0.3 is 10.3 Å². The van der Waals surface area contributed by atoms with Gasteiger partial charge in [0.05, 0.1) is 17.1 Å². The Morgan fingerprint density at radius 2 is 2.06 bits per heavy atom. The van der Waals surface area contributed by atoms with Gasteiger partial charge in [0.15, 0.2) is 0 Å². The molecule has 3 heteroatoms. The van der Waals surface area contributed by atoms with Crippen LogP contribution in [0.15, 0.2) is 18.2 Å². The number of nitrogens with two attached hydrogens (primary N) is 1. The average Bonchev–Trinajstić information content (AvgIpc) is 2.65. The van der Waals surface area contributed by atoms with E-state index in [0.717, 1.165) is 24.3 Å². The van der Waals surface area contributed by atoms with Crippen LogP contribution in [0.1, 0.15) is 44.6 Å². The quantitative estimate of drug-likeness (QED) is 0.897. The first-order valence-corrected chi connectivity index (χ1v) is 6.75. The van der Waals surface area contributed by atoms with Gasteiger partial charge in [0.25, 0.3) is 0 Å². The van der Waals surface area contributed by atoms with Gasteiger partial charge in [-0.25, -0.2) is 4.98 Å². The van der Waals surface area contributed by atoms with Gasteiger partial charge in [-0.2, -0.15) is 0 Å². The predicted octanol–water partition coefficient (Wildman–Crippen LogP) is 3.41. The highest BCUT2D eigenvalue weighted by Gasteiger charge is 2.16. The molecule has 0 bridgehead atoms. The van der Waals surface area contributed by atoms with Gasteiger partial charge in [0.2, 0.25) is 0 Å². The summed E-state index contributed by atoms with van der Waals surface area (Å²) >= 11 is 0. The second-order valence-corrected chi connectivity index (χ2v) is 5.48. The first-order chi connectivity index (χ1) is 8.52. The zero-order chi connectivity index (χ0) is 13.3. The summed E-state index contributed by atoms with van der Waals surface area (Å²) in [7, 11) is 0. The fourth-order valence-corrected chi connectivity index (χ4v) is 2.28. The lowest BCUT2D eigenvalue weighted by Crippen LogP contribution is -2.17. The van der Waals surface area contributed by atoms with E-state index in [1.165, 1.54) is 11.1 Å². The molecule has 2 N–H and O–H groups in total. The topological polar surface area (TPSA) is 43.8 Å². The maximum Gasteiger partial charge on any atom is 0.126 e. The number of hydrogen-bond donors (Lipinski definition) is 1. The molecule has 2 rings (SSSR count). The van der Waals surface area contributed by atoms with Crippen LogP contribution in [0.5, 0.6) is 0 Å². The molecule has 0 amide bonds. The Bertz CT molecular complexity index is 540. The van der Waals surface area contributed by atoms with Crippen molar-refractivity contribution in [1.82, 2.24) is 9.55 Å². The van der Waals surface area contributed by atoms with Crippen molar-refractivity contribution in [3.05, 3.63) is 29.6 Å². The maximum atomic E-state index is 6.19. The number of aromatic nitrogens is 2. The molecule has 1 atom stereocenters. The molecule has 0 fully saturated rings. The molecule has 18 heavy (non-hydrogen) atoms. The van der Waals surface area contributed by atoms with Crippen molar-refractivity contribution in [2.75, 3.05) is 0 Å². The van der Waals surface area contributed by atoms with Gasteiger partial charge in [-0.15, -0.1) is 0 Å². The van der Waals surface area contributed by atoms with Crippen LogP contribution < -0.4 is 5.73 Å². The smallest absolute Gasteiger partial charge is 0.126 e. The van der Waals surface area contributed by atoms with E-state index in [1.807, 2.05) is 0 Å². The minimum absolute atomic E-state index is 0.0245. The third kappa shape index (κ3) is 2.41. The van der Waals surface area contributed by atoms with Crippen molar-refractivity contribution in [3.8, 4) is 0 Å². The number of rotatable bonds is 4. The summed E-state index contributed by atoms with van der Waals surface area (Å²) in [5.41, 5.74) is 9.70. The lowest BCUT2D eigenvalue weighted by Gasteiger charge is -2.15. The van der Waals surface area contributed by atoms with Crippen LogP contribution in [0.25, 0.3) is 11.0 Å². The molecule has 1 aromatic carbocycles. The molecule has 0 saturated carbocycles. The van der Waals surface area contributed by atoms with Crippen LogP contribution in [-0.2, 0) is 6.54 Å². The summed E-state index contributed by atoms with van der Waals surface area (Å²) in [6.45, 7) is 9.63. The van der Waals surface area contributed by atoms with Crippen molar-refractivity contribution >= 4 is 11.0 Å². The summed E-state index contributed by atoms with van der Waals surface area (Å²) in [6, 6.07) is 6.46. The van der Waals surface area contributed by atoms with Crippen LogP contribution in [0.3, 0.4) is 0 Å². The van der Waals surface area contributed by atoms with E-state index >= 15 is 0 Å². The Kier molecular flexibility index (Phi) is 3.71. The Morgan fingerprint density at radius 3 is 2.67 bits per heavy atom. The molecule has 3 nitrogen and oxygen atoms in total. The lowest BCUT2D eigenvalue weighted by atomic mass is 10.2. The van der Waals surface area contributed by atoms with E-state index in [0.29, 0.717) is 5.92 Å². The molecule has 1 unspecified atom stereocenters. The van der Waals surface area contributed by atoms with E-state index in [2.05, 4.69) is 50.5 Å². The highest BCUT2D eigenvalue weighted by molar-refractivity contribution is 5.77. The minimum atomic E-state index is 0.0245. The molecule has 0 saturated heterocycles. The first-order valence-electron chi connectivity index (χ1n) is 6.75. The highest BCUT2D eigenvalue weighted by Crippen LogP contribution is 2.23. The zero-order valence-corrected chi connectivity index (χ0v) is 11.8. The summed E-state index contributed by atoms with van der Waals surface area (Å²) in [4.78, 5) is 4.74. The van der Waals surface area contributed by atoms with Crippen LogP contribution in [0.4, 0.5) is 0 Å². The fraction of sp³-hybridized carbons (Fsp3) is 0.533. The van der Waals surface area contributed by atoms with E-state index in [-0.39, 0.29) is 6.04 Å². The van der Waals surface area contributed by atoms with Crippen molar-refractivity contribution in [3.63, 3.8) is 0 Å². The van der Waals surface area contributed by atoms with Crippen LogP contribution in [0.2, 0.25) is 0 Å². The average molecular weight is 245 g/mol. The Hall–Kier alpha value is -1.35. The van der Waals surface area contributed by atoms with Crippen molar-refractivity contribution in [1.29, 1.82) is 0 Å². The predicted molar refractivity (Wildman–Crippen MR) is 76.5 cm³/mol. The molecular formula is C15H23N3.